The fraction of sp³-hybridized carbons (Fsp3) is 0.148. The van der Waals surface area contributed by atoms with Crippen molar-refractivity contribution >= 4 is 65.3 Å². The first-order chi connectivity index (χ1) is 21.1. The molecule has 4 rings (SSSR count). The van der Waals surface area contributed by atoms with Crippen molar-refractivity contribution in [3.8, 4) is 17.2 Å². The average Bonchev–Trinajstić information content (AvgIpc) is 2.94. The molecule has 0 spiro atoms. The van der Waals surface area contributed by atoms with Crippen molar-refractivity contribution in [2.24, 2.45) is 20.5 Å². The van der Waals surface area contributed by atoms with Crippen LogP contribution < -0.4 is 9.46 Å². The Kier molecular flexibility index (Phi) is 9.33. The standard InChI is InChI=1S/C27H25N5O11S2/c1-14-9-21(23(43-8-7-33)13-20(14)29-28-16-4-6-22(34)19(12-16)27(36)37)30-31-25-24(45(40,41)42)11-15-10-17(32-44(2,38)39)3-5-18(15)26(25)35/h3-6,9-13,32-35H,7-8H2,1-2H3,(H,36,37)(H,40,41,42)/b29-28+,31-30+. The molecule has 4 aromatic rings. The minimum Gasteiger partial charge on any atom is -0.507 e. The van der Waals surface area contributed by atoms with Gasteiger partial charge < -0.3 is 25.2 Å². The molecule has 0 amide bonds. The Bertz CT molecular complexity index is 2100. The Morgan fingerprint density at radius 1 is 0.911 bits per heavy atom. The molecular weight excluding hydrogens is 634 g/mol. The average molecular weight is 660 g/mol. The first-order valence-electron chi connectivity index (χ1n) is 12.6. The van der Waals surface area contributed by atoms with Gasteiger partial charge in [0.2, 0.25) is 10.0 Å². The highest BCUT2D eigenvalue weighted by molar-refractivity contribution is 7.92. The number of nitrogens with one attached hydrogen (secondary N) is 1. The molecular formula is C27H25N5O11S2. The minimum absolute atomic E-state index is 0.00572. The lowest BCUT2D eigenvalue weighted by molar-refractivity contribution is 0.0693. The van der Waals surface area contributed by atoms with Crippen LogP contribution in [0.1, 0.15) is 15.9 Å². The number of aromatic carboxylic acids is 1. The zero-order chi connectivity index (χ0) is 33.1. The van der Waals surface area contributed by atoms with Crippen LogP contribution in [0.3, 0.4) is 0 Å². The summed E-state index contributed by atoms with van der Waals surface area (Å²) in [5, 5.41) is 55.3. The molecule has 0 unspecified atom stereocenters. The van der Waals surface area contributed by atoms with Gasteiger partial charge in [-0.2, -0.15) is 18.6 Å². The second-order valence-electron chi connectivity index (χ2n) is 9.44. The lowest BCUT2D eigenvalue weighted by Gasteiger charge is -2.12. The topological polar surface area (TPSA) is 257 Å². The fourth-order valence-electron chi connectivity index (χ4n) is 4.01. The summed E-state index contributed by atoms with van der Waals surface area (Å²) in [6, 6.07) is 11.3. The van der Waals surface area contributed by atoms with E-state index in [0.717, 1.165) is 24.5 Å². The molecule has 0 aliphatic heterocycles. The molecule has 18 heteroatoms. The van der Waals surface area contributed by atoms with Gasteiger partial charge in [-0.05, 0) is 66.4 Å². The monoisotopic (exact) mass is 659 g/mol. The number of carboxylic acids is 1. The van der Waals surface area contributed by atoms with E-state index in [2.05, 4.69) is 25.2 Å². The number of anilines is 1. The Hall–Kier alpha value is -5.17. The van der Waals surface area contributed by atoms with Gasteiger partial charge in [0, 0.05) is 17.1 Å². The maximum atomic E-state index is 12.3. The van der Waals surface area contributed by atoms with Crippen molar-refractivity contribution in [1.82, 2.24) is 0 Å². The third-order valence-electron chi connectivity index (χ3n) is 6.00. The zero-order valence-electron chi connectivity index (χ0n) is 23.4. The number of nitrogens with zero attached hydrogens (tertiary/aromatic N) is 4. The Labute approximate surface area is 255 Å². The summed E-state index contributed by atoms with van der Waals surface area (Å²) >= 11 is 0. The molecule has 16 nitrogen and oxygen atoms in total. The fourth-order valence-corrected chi connectivity index (χ4v) is 5.23. The highest BCUT2D eigenvalue weighted by Crippen LogP contribution is 2.43. The molecule has 0 heterocycles. The number of azo groups is 2. The smallest absolute Gasteiger partial charge is 0.339 e. The first-order valence-corrected chi connectivity index (χ1v) is 15.9. The number of carboxylic acid groups (broad SMARTS) is 1. The van der Waals surface area contributed by atoms with E-state index in [9.17, 15) is 46.6 Å². The number of aryl methyl sites for hydroxylation is 1. The lowest BCUT2D eigenvalue weighted by Crippen LogP contribution is -2.09. The van der Waals surface area contributed by atoms with Gasteiger partial charge in [0.25, 0.3) is 10.1 Å². The third kappa shape index (κ3) is 7.87. The summed E-state index contributed by atoms with van der Waals surface area (Å²) in [5.74, 6) is -2.48. The maximum absolute atomic E-state index is 12.3. The number of aliphatic hydroxyl groups excluding tert-OH is 1. The highest BCUT2D eigenvalue weighted by atomic mass is 32.2. The molecule has 0 aliphatic rings. The molecule has 0 aromatic heterocycles. The Balaban J connectivity index is 1.79. The summed E-state index contributed by atoms with van der Waals surface area (Å²) in [6.07, 6.45) is 0.921. The molecule has 45 heavy (non-hydrogen) atoms. The third-order valence-corrected chi connectivity index (χ3v) is 7.47. The summed E-state index contributed by atoms with van der Waals surface area (Å²) < 4.78 is 65.4. The number of hydrogen-bond acceptors (Lipinski definition) is 13. The number of rotatable bonds is 11. The molecule has 0 bridgehead atoms. The van der Waals surface area contributed by atoms with Crippen LogP contribution in [-0.2, 0) is 20.1 Å². The van der Waals surface area contributed by atoms with Gasteiger partial charge >= 0.3 is 5.97 Å². The van der Waals surface area contributed by atoms with Gasteiger partial charge in [-0.15, -0.1) is 10.2 Å². The summed E-state index contributed by atoms with van der Waals surface area (Å²) in [7, 11) is -8.65. The van der Waals surface area contributed by atoms with Crippen molar-refractivity contribution in [2.45, 2.75) is 11.8 Å². The molecule has 0 radical (unpaired) electrons. The highest BCUT2D eigenvalue weighted by Gasteiger charge is 2.23. The molecule has 0 atom stereocenters. The van der Waals surface area contributed by atoms with Gasteiger partial charge in [0.05, 0.1) is 24.2 Å². The number of sulfonamides is 1. The number of carbonyl (C=O) groups is 1. The zero-order valence-corrected chi connectivity index (χ0v) is 25.0. The van der Waals surface area contributed by atoms with E-state index in [1.165, 1.54) is 36.4 Å². The number of hydrogen-bond donors (Lipinski definition) is 6. The van der Waals surface area contributed by atoms with Gasteiger partial charge in [0.1, 0.15) is 39.9 Å². The summed E-state index contributed by atoms with van der Waals surface area (Å²) in [6.45, 7) is 1.03. The van der Waals surface area contributed by atoms with Crippen LogP contribution in [-0.4, -0.2) is 67.3 Å². The normalized spacial score (nSPS) is 12.3. The van der Waals surface area contributed by atoms with Gasteiger partial charge in [0.15, 0.2) is 5.75 Å². The van der Waals surface area contributed by atoms with E-state index < -0.39 is 48.2 Å². The van der Waals surface area contributed by atoms with Crippen LogP contribution in [0.4, 0.5) is 28.4 Å². The maximum Gasteiger partial charge on any atom is 0.339 e. The van der Waals surface area contributed by atoms with Crippen LogP contribution in [0.5, 0.6) is 17.2 Å². The lowest BCUT2D eigenvalue weighted by atomic mass is 10.1. The Morgan fingerprint density at radius 3 is 2.27 bits per heavy atom. The van der Waals surface area contributed by atoms with Crippen molar-refractivity contribution in [3.63, 3.8) is 0 Å². The molecule has 6 N–H and O–H groups in total. The van der Waals surface area contributed by atoms with E-state index in [-0.39, 0.29) is 58.0 Å². The number of aliphatic hydroxyl groups is 1. The number of aromatic hydroxyl groups is 2. The van der Waals surface area contributed by atoms with Crippen molar-refractivity contribution < 1.29 is 51.3 Å². The molecule has 0 saturated heterocycles. The predicted molar refractivity (Wildman–Crippen MR) is 161 cm³/mol. The largest absolute Gasteiger partial charge is 0.507 e. The summed E-state index contributed by atoms with van der Waals surface area (Å²) in [5.41, 5.74) is -0.113. The number of fused-ring (bicyclic) bond motifs is 1. The van der Waals surface area contributed by atoms with Crippen LogP contribution in [0, 0.1) is 6.92 Å². The van der Waals surface area contributed by atoms with Crippen molar-refractivity contribution in [2.75, 3.05) is 24.2 Å². The second-order valence-corrected chi connectivity index (χ2v) is 12.6. The van der Waals surface area contributed by atoms with Crippen molar-refractivity contribution in [3.05, 3.63) is 65.7 Å². The first kappa shape index (κ1) is 32.7. The minimum atomic E-state index is -4.98. The van der Waals surface area contributed by atoms with Gasteiger partial charge in [-0.25, -0.2) is 13.2 Å². The quantitative estimate of drug-likeness (QED) is 0.0914. The number of phenolic OH excluding ortho intramolecular Hbond substituents is 1. The van der Waals surface area contributed by atoms with Gasteiger partial charge in [-0.3, -0.25) is 9.27 Å². The van der Waals surface area contributed by atoms with E-state index in [1.807, 2.05) is 0 Å². The van der Waals surface area contributed by atoms with E-state index in [0.29, 0.717) is 5.56 Å². The SMILES string of the molecule is Cc1cc(/N=N/c2c(S(=O)(=O)O)cc3cc(NS(C)(=O)=O)ccc3c2O)c(OCCO)cc1/N=N/c1ccc(O)c(C(=O)O)c1. The number of ether oxygens (including phenoxy) is 1. The summed E-state index contributed by atoms with van der Waals surface area (Å²) in [4.78, 5) is 10.5. The molecule has 0 saturated carbocycles. The predicted octanol–water partition coefficient (Wildman–Crippen LogP) is 5.08. The van der Waals surface area contributed by atoms with Crippen LogP contribution in [0.15, 0.2) is 79.9 Å². The Morgan fingerprint density at radius 2 is 1.62 bits per heavy atom. The van der Waals surface area contributed by atoms with Crippen LogP contribution in [0.2, 0.25) is 0 Å². The molecule has 0 aliphatic carbocycles. The number of benzene rings is 4. The molecule has 0 fully saturated rings. The molecule has 4 aromatic carbocycles. The number of phenols is 2. The molecule has 236 valence electrons. The second kappa shape index (κ2) is 12.8. The van der Waals surface area contributed by atoms with Crippen LogP contribution in [0.25, 0.3) is 10.8 Å². The van der Waals surface area contributed by atoms with Crippen LogP contribution >= 0.6 is 0 Å². The van der Waals surface area contributed by atoms with Gasteiger partial charge in [-0.1, -0.05) is 0 Å². The van der Waals surface area contributed by atoms with Crippen molar-refractivity contribution in [1.29, 1.82) is 0 Å². The van der Waals surface area contributed by atoms with E-state index in [4.69, 9.17) is 4.74 Å². The van der Waals surface area contributed by atoms with E-state index in [1.54, 1.807) is 6.92 Å². The van der Waals surface area contributed by atoms with E-state index >= 15 is 0 Å².